The fourth-order valence-electron chi connectivity index (χ4n) is 1.81. The molecule has 0 aromatic carbocycles. The van der Waals surface area contributed by atoms with Crippen LogP contribution in [0, 0.1) is 5.92 Å². The Hall–Kier alpha value is -1.29. The Bertz CT molecular complexity index is 431. The smallest absolute Gasteiger partial charge is 0.268 e. The molecule has 1 unspecified atom stereocenters. The Morgan fingerprint density at radius 3 is 2.83 bits per heavy atom. The van der Waals surface area contributed by atoms with Gasteiger partial charge in [-0.1, -0.05) is 13.8 Å². The number of nitrogens with one attached hydrogen (secondary N) is 1. The summed E-state index contributed by atoms with van der Waals surface area (Å²) in [5, 5.41) is 12.9. The van der Waals surface area contributed by atoms with Crippen molar-refractivity contribution in [1.82, 2.24) is 9.88 Å². The third-order valence-corrected chi connectivity index (χ3v) is 3.80. The van der Waals surface area contributed by atoms with Crippen molar-refractivity contribution in [2.75, 3.05) is 6.54 Å². The fraction of sp³-hybridized carbons (Fsp3) is 0.643. The summed E-state index contributed by atoms with van der Waals surface area (Å²) >= 11 is 0. The molecule has 0 aliphatic heterocycles. The molecule has 0 saturated heterocycles. The molecule has 1 heterocycles. The minimum atomic E-state index is -0.868. The second-order valence-electron chi connectivity index (χ2n) is 5.73. The normalized spacial score (nSPS) is 18.7. The maximum Gasteiger partial charge on any atom is 0.268 e. The number of nitrogens with zero attached hydrogens (tertiary/aromatic N) is 1. The number of amides is 1. The van der Waals surface area contributed by atoms with Crippen molar-refractivity contribution in [3.05, 3.63) is 24.0 Å². The van der Waals surface area contributed by atoms with Crippen LogP contribution in [0.5, 0.6) is 0 Å². The van der Waals surface area contributed by atoms with Gasteiger partial charge in [-0.05, 0) is 37.8 Å². The van der Waals surface area contributed by atoms with Gasteiger partial charge in [0.2, 0.25) is 0 Å². The lowest BCUT2D eigenvalue weighted by molar-refractivity contribution is 0.0141. The molecule has 1 aromatic heterocycles. The second-order valence-corrected chi connectivity index (χ2v) is 5.73. The van der Waals surface area contributed by atoms with Crippen LogP contribution in [0.2, 0.25) is 0 Å². The van der Waals surface area contributed by atoms with E-state index in [4.69, 9.17) is 0 Å². The van der Waals surface area contributed by atoms with Crippen LogP contribution < -0.4 is 5.32 Å². The van der Waals surface area contributed by atoms with Gasteiger partial charge in [-0.15, -0.1) is 0 Å². The van der Waals surface area contributed by atoms with Crippen LogP contribution in [0.15, 0.2) is 18.3 Å². The molecule has 1 atom stereocenters. The molecule has 0 radical (unpaired) electrons. The number of carbonyl (C=O) groups excluding carboxylic acids is 1. The first kappa shape index (κ1) is 13.1. The van der Waals surface area contributed by atoms with Crippen molar-refractivity contribution in [3.63, 3.8) is 0 Å². The highest BCUT2D eigenvalue weighted by Crippen LogP contribution is 2.35. The maximum atomic E-state index is 12.1. The first-order valence-corrected chi connectivity index (χ1v) is 6.59. The standard InChI is InChI=1S/C14H22N2O2/c1-10(2)14(3,18)9-15-13(17)12-5-4-8-16(12)11-6-7-11/h4-5,8,10-11,18H,6-7,9H2,1-3H3,(H,15,17). The predicted molar refractivity (Wildman–Crippen MR) is 70.5 cm³/mol. The molecule has 0 bridgehead atoms. The average molecular weight is 250 g/mol. The van der Waals surface area contributed by atoms with E-state index in [9.17, 15) is 9.90 Å². The van der Waals surface area contributed by atoms with E-state index in [0.717, 1.165) is 12.8 Å². The molecule has 1 saturated carbocycles. The second kappa shape index (κ2) is 4.76. The van der Waals surface area contributed by atoms with Gasteiger partial charge in [0.1, 0.15) is 5.69 Å². The van der Waals surface area contributed by atoms with Gasteiger partial charge in [0.05, 0.1) is 5.60 Å². The zero-order valence-corrected chi connectivity index (χ0v) is 11.3. The third kappa shape index (κ3) is 2.75. The molecule has 1 aliphatic rings. The van der Waals surface area contributed by atoms with E-state index in [2.05, 4.69) is 5.32 Å². The molecule has 100 valence electrons. The lowest BCUT2D eigenvalue weighted by Gasteiger charge is -2.27. The summed E-state index contributed by atoms with van der Waals surface area (Å²) in [5.74, 6) is 0.000780. The van der Waals surface area contributed by atoms with Crippen LogP contribution in [-0.4, -0.2) is 27.7 Å². The van der Waals surface area contributed by atoms with Crippen molar-refractivity contribution in [2.45, 2.75) is 45.3 Å². The molecule has 1 fully saturated rings. The van der Waals surface area contributed by atoms with E-state index in [1.807, 2.05) is 36.7 Å². The summed E-state index contributed by atoms with van der Waals surface area (Å²) in [4.78, 5) is 12.1. The topological polar surface area (TPSA) is 54.3 Å². The summed E-state index contributed by atoms with van der Waals surface area (Å²) in [6.45, 7) is 5.91. The number of hydrogen-bond donors (Lipinski definition) is 2. The van der Waals surface area contributed by atoms with E-state index in [-0.39, 0.29) is 18.4 Å². The SMILES string of the molecule is CC(C)C(C)(O)CNC(=O)c1cccn1C1CC1. The van der Waals surface area contributed by atoms with Crippen LogP contribution in [-0.2, 0) is 0 Å². The van der Waals surface area contributed by atoms with Gasteiger partial charge in [0, 0.05) is 18.8 Å². The van der Waals surface area contributed by atoms with Gasteiger partial charge in [-0.2, -0.15) is 0 Å². The van der Waals surface area contributed by atoms with Crippen LogP contribution in [0.3, 0.4) is 0 Å². The van der Waals surface area contributed by atoms with Crippen LogP contribution in [0.1, 0.15) is 50.1 Å². The quantitative estimate of drug-likeness (QED) is 0.839. The fourth-order valence-corrected chi connectivity index (χ4v) is 1.81. The minimum Gasteiger partial charge on any atom is -0.388 e. The van der Waals surface area contributed by atoms with E-state index in [1.54, 1.807) is 6.92 Å². The summed E-state index contributed by atoms with van der Waals surface area (Å²) in [5.41, 5.74) is -0.177. The van der Waals surface area contributed by atoms with Crippen molar-refractivity contribution in [3.8, 4) is 0 Å². The van der Waals surface area contributed by atoms with Gasteiger partial charge in [-0.3, -0.25) is 4.79 Å². The zero-order valence-electron chi connectivity index (χ0n) is 11.3. The molecule has 0 spiro atoms. The molecular weight excluding hydrogens is 228 g/mol. The number of aliphatic hydroxyl groups is 1. The van der Waals surface area contributed by atoms with E-state index >= 15 is 0 Å². The van der Waals surface area contributed by atoms with Crippen molar-refractivity contribution in [1.29, 1.82) is 0 Å². The molecule has 4 heteroatoms. The number of aromatic nitrogens is 1. The minimum absolute atomic E-state index is 0.104. The Kier molecular flexibility index (Phi) is 3.48. The average Bonchev–Trinajstić information content (AvgIpc) is 3.04. The Morgan fingerprint density at radius 2 is 2.28 bits per heavy atom. The maximum absolute atomic E-state index is 12.1. The number of rotatable bonds is 5. The highest BCUT2D eigenvalue weighted by molar-refractivity contribution is 5.92. The van der Waals surface area contributed by atoms with E-state index < -0.39 is 5.60 Å². The van der Waals surface area contributed by atoms with E-state index in [0.29, 0.717) is 11.7 Å². The van der Waals surface area contributed by atoms with Crippen LogP contribution in [0.4, 0.5) is 0 Å². The number of carbonyl (C=O) groups is 1. The lowest BCUT2D eigenvalue weighted by atomic mass is 9.92. The summed E-state index contributed by atoms with van der Waals surface area (Å²) in [6, 6.07) is 4.22. The first-order chi connectivity index (χ1) is 8.42. The molecule has 2 N–H and O–H groups in total. The zero-order chi connectivity index (χ0) is 13.3. The molecule has 1 amide bonds. The third-order valence-electron chi connectivity index (χ3n) is 3.80. The number of hydrogen-bond acceptors (Lipinski definition) is 2. The van der Waals surface area contributed by atoms with Gasteiger partial charge >= 0.3 is 0 Å². The van der Waals surface area contributed by atoms with Gasteiger partial charge in [0.15, 0.2) is 0 Å². The predicted octanol–water partition coefficient (Wildman–Crippen LogP) is 1.96. The summed E-state index contributed by atoms with van der Waals surface area (Å²) in [6.07, 6.45) is 4.25. The van der Waals surface area contributed by atoms with Crippen molar-refractivity contribution >= 4 is 5.91 Å². The highest BCUT2D eigenvalue weighted by Gasteiger charge is 2.29. The van der Waals surface area contributed by atoms with E-state index in [1.165, 1.54) is 0 Å². The van der Waals surface area contributed by atoms with Crippen LogP contribution >= 0.6 is 0 Å². The van der Waals surface area contributed by atoms with Gasteiger partial charge in [-0.25, -0.2) is 0 Å². The highest BCUT2D eigenvalue weighted by atomic mass is 16.3. The summed E-state index contributed by atoms with van der Waals surface area (Å²) < 4.78 is 2.03. The molecule has 2 rings (SSSR count). The van der Waals surface area contributed by atoms with Crippen molar-refractivity contribution < 1.29 is 9.90 Å². The monoisotopic (exact) mass is 250 g/mol. The first-order valence-electron chi connectivity index (χ1n) is 6.59. The van der Waals surface area contributed by atoms with Gasteiger partial charge < -0.3 is 15.0 Å². The Morgan fingerprint density at radius 1 is 1.61 bits per heavy atom. The lowest BCUT2D eigenvalue weighted by Crippen LogP contribution is -2.44. The Balaban J connectivity index is 1.97. The van der Waals surface area contributed by atoms with Crippen LogP contribution in [0.25, 0.3) is 0 Å². The molecular formula is C14H22N2O2. The largest absolute Gasteiger partial charge is 0.388 e. The Labute approximate surface area is 108 Å². The molecule has 1 aromatic rings. The van der Waals surface area contributed by atoms with Crippen molar-refractivity contribution in [2.24, 2.45) is 5.92 Å². The molecule has 1 aliphatic carbocycles. The molecule has 4 nitrogen and oxygen atoms in total. The molecule has 18 heavy (non-hydrogen) atoms. The van der Waals surface area contributed by atoms with Gasteiger partial charge in [0.25, 0.3) is 5.91 Å². The summed E-state index contributed by atoms with van der Waals surface area (Å²) in [7, 11) is 0.